The zero-order valence-electron chi connectivity index (χ0n) is 11.9. The van der Waals surface area contributed by atoms with E-state index in [1.54, 1.807) is 0 Å². The molecule has 1 saturated heterocycles. The lowest BCUT2D eigenvalue weighted by Crippen LogP contribution is -2.40. The summed E-state index contributed by atoms with van der Waals surface area (Å²) in [5, 5.41) is 0. The van der Waals surface area contributed by atoms with Gasteiger partial charge in [0.15, 0.2) is 0 Å². The van der Waals surface area contributed by atoms with Gasteiger partial charge in [-0.2, -0.15) is 0 Å². The number of carbonyl (C=O) groups is 1. The van der Waals surface area contributed by atoms with Gasteiger partial charge in [0.05, 0.1) is 6.54 Å². The van der Waals surface area contributed by atoms with Crippen molar-refractivity contribution in [3.8, 4) is 0 Å². The number of hydrogen-bond acceptors (Lipinski definition) is 3. The molecule has 0 aromatic rings. The minimum Gasteiger partial charge on any atom is -0.309 e. The standard InChI is InChI=1S/C14H28N2O/c1-5-12(2)14(17)11-16-8-6-13(7-9-16)10-15(3)4/h12-13H,5-11H2,1-4H3. The number of carbonyl (C=O) groups excluding carboxylic acids is 1. The van der Waals surface area contributed by atoms with Crippen LogP contribution in [0.2, 0.25) is 0 Å². The van der Waals surface area contributed by atoms with Crippen LogP contribution in [0.3, 0.4) is 0 Å². The first-order valence-electron chi connectivity index (χ1n) is 6.92. The molecule has 0 amide bonds. The first kappa shape index (κ1) is 14.7. The Morgan fingerprint density at radius 3 is 2.41 bits per heavy atom. The van der Waals surface area contributed by atoms with Gasteiger partial charge in [0.1, 0.15) is 5.78 Å². The third kappa shape index (κ3) is 5.17. The monoisotopic (exact) mass is 240 g/mol. The second-order valence-electron chi connectivity index (χ2n) is 5.76. The van der Waals surface area contributed by atoms with E-state index in [0.29, 0.717) is 12.3 Å². The maximum atomic E-state index is 11.9. The van der Waals surface area contributed by atoms with Gasteiger partial charge in [-0.25, -0.2) is 0 Å². The van der Waals surface area contributed by atoms with Crippen molar-refractivity contribution in [2.24, 2.45) is 11.8 Å². The molecule has 1 aliphatic rings. The van der Waals surface area contributed by atoms with E-state index < -0.39 is 0 Å². The molecule has 0 N–H and O–H groups in total. The van der Waals surface area contributed by atoms with Crippen LogP contribution in [0.25, 0.3) is 0 Å². The number of ketones is 1. The number of likely N-dealkylation sites (tertiary alicyclic amines) is 1. The van der Waals surface area contributed by atoms with Crippen LogP contribution in [-0.2, 0) is 4.79 Å². The van der Waals surface area contributed by atoms with Crippen molar-refractivity contribution in [1.82, 2.24) is 9.80 Å². The van der Waals surface area contributed by atoms with Crippen LogP contribution < -0.4 is 0 Å². The van der Waals surface area contributed by atoms with E-state index >= 15 is 0 Å². The molecule has 1 atom stereocenters. The van der Waals surface area contributed by atoms with Gasteiger partial charge in [-0.15, -0.1) is 0 Å². The first-order valence-corrected chi connectivity index (χ1v) is 6.92. The van der Waals surface area contributed by atoms with Gasteiger partial charge in [0, 0.05) is 12.5 Å². The highest BCUT2D eigenvalue weighted by molar-refractivity contribution is 5.82. The fourth-order valence-corrected chi connectivity index (χ4v) is 2.45. The molecule has 0 radical (unpaired) electrons. The fourth-order valence-electron chi connectivity index (χ4n) is 2.45. The number of Topliss-reactive ketones (excluding diaryl/α,β-unsaturated/α-hetero) is 1. The SMILES string of the molecule is CCC(C)C(=O)CN1CCC(CN(C)C)CC1. The minimum absolute atomic E-state index is 0.231. The maximum absolute atomic E-state index is 11.9. The van der Waals surface area contributed by atoms with Crippen LogP contribution in [0, 0.1) is 11.8 Å². The van der Waals surface area contributed by atoms with Crippen LogP contribution >= 0.6 is 0 Å². The topological polar surface area (TPSA) is 23.6 Å². The van der Waals surface area contributed by atoms with E-state index in [0.717, 1.165) is 25.4 Å². The van der Waals surface area contributed by atoms with Crippen LogP contribution in [0.5, 0.6) is 0 Å². The number of rotatable bonds is 6. The Morgan fingerprint density at radius 1 is 1.35 bits per heavy atom. The molecule has 1 fully saturated rings. The van der Waals surface area contributed by atoms with Crippen LogP contribution in [0.15, 0.2) is 0 Å². The Balaban J connectivity index is 2.25. The van der Waals surface area contributed by atoms with Gasteiger partial charge in [-0.3, -0.25) is 9.69 Å². The average molecular weight is 240 g/mol. The molecule has 3 heteroatoms. The Bertz CT molecular complexity index is 232. The summed E-state index contributed by atoms with van der Waals surface area (Å²) < 4.78 is 0. The van der Waals surface area contributed by atoms with Crippen molar-refractivity contribution < 1.29 is 4.79 Å². The van der Waals surface area contributed by atoms with Gasteiger partial charge in [0.25, 0.3) is 0 Å². The van der Waals surface area contributed by atoms with Crippen molar-refractivity contribution in [2.45, 2.75) is 33.1 Å². The summed E-state index contributed by atoms with van der Waals surface area (Å²) in [6, 6.07) is 0. The molecule has 100 valence electrons. The zero-order chi connectivity index (χ0) is 12.8. The smallest absolute Gasteiger partial charge is 0.149 e. The van der Waals surface area contributed by atoms with E-state index in [1.165, 1.54) is 19.4 Å². The molecule has 0 aliphatic carbocycles. The lowest BCUT2D eigenvalue weighted by Gasteiger charge is -2.33. The van der Waals surface area contributed by atoms with Gasteiger partial charge in [-0.1, -0.05) is 13.8 Å². The molecule has 1 heterocycles. The normalized spacial score (nSPS) is 20.8. The van der Waals surface area contributed by atoms with E-state index in [9.17, 15) is 4.79 Å². The molecule has 3 nitrogen and oxygen atoms in total. The predicted molar refractivity (Wildman–Crippen MR) is 72.2 cm³/mol. The first-order chi connectivity index (χ1) is 8.02. The molecular formula is C14H28N2O. The fraction of sp³-hybridized carbons (Fsp3) is 0.929. The average Bonchev–Trinajstić information content (AvgIpc) is 2.30. The Labute approximate surface area is 106 Å². The Kier molecular flexibility index (Phi) is 6.14. The van der Waals surface area contributed by atoms with Gasteiger partial charge < -0.3 is 4.90 Å². The van der Waals surface area contributed by atoms with E-state index in [-0.39, 0.29) is 5.92 Å². The molecule has 0 spiro atoms. The third-order valence-corrected chi connectivity index (χ3v) is 3.87. The lowest BCUT2D eigenvalue weighted by molar-refractivity contribution is -0.124. The largest absolute Gasteiger partial charge is 0.309 e. The van der Waals surface area contributed by atoms with Crippen LogP contribution in [0.4, 0.5) is 0 Å². The second kappa shape index (κ2) is 7.12. The molecule has 0 aromatic carbocycles. The van der Waals surface area contributed by atoms with Crippen LogP contribution in [0.1, 0.15) is 33.1 Å². The molecule has 1 aliphatic heterocycles. The van der Waals surface area contributed by atoms with Crippen LogP contribution in [-0.4, -0.2) is 55.9 Å². The Hall–Kier alpha value is -0.410. The number of nitrogens with zero attached hydrogens (tertiary/aromatic N) is 2. The molecule has 17 heavy (non-hydrogen) atoms. The van der Waals surface area contributed by atoms with E-state index in [2.05, 4.69) is 30.8 Å². The zero-order valence-corrected chi connectivity index (χ0v) is 11.9. The molecular weight excluding hydrogens is 212 g/mol. The van der Waals surface area contributed by atoms with Gasteiger partial charge in [-0.05, 0) is 52.4 Å². The van der Waals surface area contributed by atoms with E-state index in [1.807, 2.05) is 6.92 Å². The summed E-state index contributed by atoms with van der Waals surface area (Å²) >= 11 is 0. The summed E-state index contributed by atoms with van der Waals surface area (Å²) in [6.45, 7) is 8.19. The quantitative estimate of drug-likeness (QED) is 0.708. The summed E-state index contributed by atoms with van der Waals surface area (Å²) in [6.07, 6.45) is 3.45. The molecule has 1 rings (SSSR count). The summed E-state index contributed by atoms with van der Waals surface area (Å²) in [5.41, 5.74) is 0. The minimum atomic E-state index is 0.231. The van der Waals surface area contributed by atoms with Crippen molar-refractivity contribution in [3.63, 3.8) is 0 Å². The molecule has 1 unspecified atom stereocenters. The van der Waals surface area contributed by atoms with Gasteiger partial charge in [0.2, 0.25) is 0 Å². The maximum Gasteiger partial charge on any atom is 0.149 e. The highest BCUT2D eigenvalue weighted by Gasteiger charge is 2.22. The molecule has 0 aromatic heterocycles. The highest BCUT2D eigenvalue weighted by Crippen LogP contribution is 2.18. The second-order valence-corrected chi connectivity index (χ2v) is 5.76. The summed E-state index contributed by atoms with van der Waals surface area (Å²) in [5.74, 6) is 1.47. The Morgan fingerprint density at radius 2 is 1.94 bits per heavy atom. The lowest BCUT2D eigenvalue weighted by atomic mass is 9.95. The van der Waals surface area contributed by atoms with E-state index in [4.69, 9.17) is 0 Å². The number of hydrogen-bond donors (Lipinski definition) is 0. The summed E-state index contributed by atoms with van der Waals surface area (Å²) in [7, 11) is 4.28. The molecule has 0 saturated carbocycles. The van der Waals surface area contributed by atoms with Crippen molar-refractivity contribution >= 4 is 5.78 Å². The van der Waals surface area contributed by atoms with Crippen molar-refractivity contribution in [1.29, 1.82) is 0 Å². The van der Waals surface area contributed by atoms with Crippen molar-refractivity contribution in [3.05, 3.63) is 0 Å². The van der Waals surface area contributed by atoms with Gasteiger partial charge >= 0.3 is 0 Å². The third-order valence-electron chi connectivity index (χ3n) is 3.87. The number of piperidine rings is 1. The van der Waals surface area contributed by atoms with Crippen molar-refractivity contribution in [2.75, 3.05) is 40.3 Å². The predicted octanol–water partition coefficient (Wildman–Crippen LogP) is 1.88. The molecule has 0 bridgehead atoms. The highest BCUT2D eigenvalue weighted by atomic mass is 16.1. The summed E-state index contributed by atoms with van der Waals surface area (Å²) in [4.78, 5) is 16.5.